The predicted molar refractivity (Wildman–Crippen MR) is 79.7 cm³/mol. The molecule has 0 unspecified atom stereocenters. The van der Waals surface area contributed by atoms with Crippen molar-refractivity contribution in [2.75, 3.05) is 13.7 Å². The van der Waals surface area contributed by atoms with E-state index in [9.17, 15) is 4.79 Å². The van der Waals surface area contributed by atoms with Crippen molar-refractivity contribution in [3.63, 3.8) is 0 Å². The maximum atomic E-state index is 11.9. The zero-order valence-corrected chi connectivity index (χ0v) is 14.7. The fourth-order valence-corrected chi connectivity index (χ4v) is 4.22. The first kappa shape index (κ1) is 16.7. The topological polar surface area (TPSA) is 75.7 Å². The van der Waals surface area contributed by atoms with Gasteiger partial charge in [0.25, 0.3) is 0 Å². The summed E-state index contributed by atoms with van der Waals surface area (Å²) in [7, 11) is 1.37. The van der Waals surface area contributed by atoms with Crippen LogP contribution < -0.4 is 0 Å². The lowest BCUT2D eigenvalue weighted by Crippen LogP contribution is -2.48. The number of rotatable bonds is 2. The van der Waals surface area contributed by atoms with E-state index in [1.807, 2.05) is 32.8 Å². The average molecular weight is 343 g/mol. The lowest BCUT2D eigenvalue weighted by atomic mass is 10.0. The van der Waals surface area contributed by atoms with Gasteiger partial charge in [0, 0.05) is 6.42 Å². The van der Waals surface area contributed by atoms with Gasteiger partial charge < -0.3 is 23.7 Å². The van der Waals surface area contributed by atoms with E-state index in [4.69, 9.17) is 28.5 Å². The Kier molecular flexibility index (Phi) is 3.73. The van der Waals surface area contributed by atoms with Crippen LogP contribution >= 0.6 is 0 Å². The summed E-state index contributed by atoms with van der Waals surface area (Å²) in [5, 5.41) is 1.82. The Morgan fingerprint density at radius 1 is 1.08 bits per heavy atom. The molecule has 4 rings (SSSR count). The van der Waals surface area contributed by atoms with Crippen LogP contribution in [-0.2, 0) is 33.3 Å². The first-order valence-corrected chi connectivity index (χ1v) is 8.41. The highest BCUT2D eigenvalue weighted by Crippen LogP contribution is 2.47. The van der Waals surface area contributed by atoms with Crippen LogP contribution in [0.1, 0.15) is 34.1 Å². The molecule has 4 saturated heterocycles. The van der Waals surface area contributed by atoms with Gasteiger partial charge in [0.05, 0.1) is 25.8 Å². The van der Waals surface area contributed by atoms with E-state index < -0.39 is 17.7 Å². The first-order valence-electron chi connectivity index (χ1n) is 8.41. The van der Waals surface area contributed by atoms with Gasteiger partial charge in [-0.3, -0.25) is 4.84 Å². The molecule has 24 heavy (non-hydrogen) atoms. The molecule has 4 aliphatic heterocycles. The van der Waals surface area contributed by atoms with Gasteiger partial charge in [-0.2, -0.15) is 5.06 Å². The van der Waals surface area contributed by atoms with Gasteiger partial charge in [-0.1, -0.05) is 0 Å². The highest BCUT2D eigenvalue weighted by molar-refractivity contribution is 5.74. The summed E-state index contributed by atoms with van der Waals surface area (Å²) in [6.45, 7) is 8.01. The average Bonchev–Trinajstić information content (AvgIpc) is 3.18. The van der Waals surface area contributed by atoms with Crippen LogP contribution in [0.25, 0.3) is 0 Å². The van der Waals surface area contributed by atoms with E-state index >= 15 is 0 Å². The van der Waals surface area contributed by atoms with Gasteiger partial charge in [0.2, 0.25) is 0 Å². The van der Waals surface area contributed by atoms with Crippen LogP contribution in [0, 0.1) is 0 Å². The summed E-state index contributed by atoms with van der Waals surface area (Å²) in [5.74, 6) is -1.69. The lowest BCUT2D eigenvalue weighted by Gasteiger charge is -2.32. The summed E-state index contributed by atoms with van der Waals surface area (Å²) in [4.78, 5) is 17.8. The van der Waals surface area contributed by atoms with Crippen molar-refractivity contribution in [3.8, 4) is 0 Å². The number of hydrogen-bond donors (Lipinski definition) is 0. The van der Waals surface area contributed by atoms with Crippen molar-refractivity contribution < 1.29 is 33.3 Å². The maximum Gasteiger partial charge on any atom is 0.337 e. The van der Waals surface area contributed by atoms with Crippen LogP contribution in [0.4, 0.5) is 0 Å². The minimum Gasteiger partial charge on any atom is -0.467 e. The lowest BCUT2D eigenvalue weighted by molar-refractivity contribution is -0.244. The fraction of sp³-hybridized carbons (Fsp3) is 0.938. The molecule has 0 aromatic carbocycles. The summed E-state index contributed by atoms with van der Waals surface area (Å²) in [6, 6.07) is -0.267. The monoisotopic (exact) mass is 343 g/mol. The van der Waals surface area contributed by atoms with Gasteiger partial charge in [-0.25, -0.2) is 4.79 Å². The number of hydroxylamine groups is 2. The number of carbonyl (C=O) groups is 1. The van der Waals surface area contributed by atoms with Crippen LogP contribution in [0.3, 0.4) is 0 Å². The number of ether oxygens (including phenoxy) is 5. The molecule has 0 aromatic rings. The van der Waals surface area contributed by atoms with E-state index in [2.05, 4.69) is 0 Å². The van der Waals surface area contributed by atoms with Gasteiger partial charge in [0.1, 0.15) is 18.3 Å². The number of hydrogen-bond acceptors (Lipinski definition) is 8. The van der Waals surface area contributed by atoms with Crippen molar-refractivity contribution in [2.24, 2.45) is 0 Å². The SMILES string of the molecule is COC(=O)[C@@H]1C[C@H]2[C@@H]3OC(C)(C)O[C@@H]3[C@@H]([C@H]3COC(C)(C)O3)N2O1. The number of carbonyl (C=O) groups excluding carboxylic acids is 1. The molecule has 4 heterocycles. The molecule has 4 aliphatic rings. The maximum absolute atomic E-state index is 11.9. The predicted octanol–water partition coefficient (Wildman–Crippen LogP) is 0.588. The quantitative estimate of drug-likeness (QED) is 0.674. The Balaban J connectivity index is 1.60. The second-order valence-corrected chi connectivity index (χ2v) is 7.70. The minimum absolute atomic E-state index is 0.0711. The third kappa shape index (κ3) is 2.56. The van der Waals surface area contributed by atoms with Crippen molar-refractivity contribution in [1.82, 2.24) is 5.06 Å². The smallest absolute Gasteiger partial charge is 0.337 e. The number of esters is 1. The summed E-state index contributed by atoms with van der Waals surface area (Å²) >= 11 is 0. The van der Waals surface area contributed by atoms with Gasteiger partial charge >= 0.3 is 5.97 Å². The molecule has 8 nitrogen and oxygen atoms in total. The first-order chi connectivity index (χ1) is 11.2. The number of nitrogens with zero attached hydrogens (tertiary/aromatic N) is 1. The zero-order valence-electron chi connectivity index (χ0n) is 14.7. The molecule has 8 heteroatoms. The Labute approximate surface area is 141 Å². The standard InChI is InChI=1S/C16H25NO7/c1-15(2)20-7-10(21-15)11-13-12(22-16(3,4)23-13)8-6-9(14(18)19-5)24-17(8)11/h8-13H,6-7H2,1-5H3/t8-,9-,10+,11+,12-,13+/m0/s1. The highest BCUT2D eigenvalue weighted by atomic mass is 16.8. The molecular formula is C16H25NO7. The molecule has 0 aliphatic carbocycles. The van der Waals surface area contributed by atoms with E-state index in [1.54, 1.807) is 0 Å². The van der Waals surface area contributed by atoms with E-state index in [0.29, 0.717) is 13.0 Å². The van der Waals surface area contributed by atoms with Crippen LogP contribution in [0.2, 0.25) is 0 Å². The van der Waals surface area contributed by atoms with Crippen LogP contribution in [0.5, 0.6) is 0 Å². The van der Waals surface area contributed by atoms with E-state index in [0.717, 1.165) is 0 Å². The molecular weight excluding hydrogens is 318 g/mol. The summed E-state index contributed by atoms with van der Waals surface area (Å²) in [6.07, 6.45) is -0.684. The molecule has 6 atom stereocenters. The Bertz CT molecular complexity index is 537. The Morgan fingerprint density at radius 3 is 2.42 bits per heavy atom. The zero-order chi connectivity index (χ0) is 17.3. The summed E-state index contributed by atoms with van der Waals surface area (Å²) < 4.78 is 28.8. The van der Waals surface area contributed by atoms with E-state index in [-0.39, 0.29) is 36.4 Å². The fourth-order valence-electron chi connectivity index (χ4n) is 4.22. The van der Waals surface area contributed by atoms with Gasteiger partial charge in [-0.15, -0.1) is 0 Å². The molecule has 136 valence electrons. The van der Waals surface area contributed by atoms with Crippen molar-refractivity contribution in [3.05, 3.63) is 0 Å². The third-order valence-electron chi connectivity index (χ3n) is 5.08. The number of fused-ring (bicyclic) bond motifs is 3. The third-order valence-corrected chi connectivity index (χ3v) is 5.08. The Hall–Kier alpha value is -0.770. The molecule has 0 radical (unpaired) electrons. The van der Waals surface area contributed by atoms with Crippen LogP contribution in [0.15, 0.2) is 0 Å². The van der Waals surface area contributed by atoms with E-state index in [1.165, 1.54) is 7.11 Å². The normalized spacial score (nSPS) is 46.0. The Morgan fingerprint density at radius 2 is 1.79 bits per heavy atom. The molecule has 4 fully saturated rings. The highest BCUT2D eigenvalue weighted by Gasteiger charge is 2.65. The molecule has 0 N–H and O–H groups in total. The summed E-state index contributed by atoms with van der Waals surface area (Å²) in [5.41, 5.74) is 0. The van der Waals surface area contributed by atoms with Crippen LogP contribution in [-0.4, -0.2) is 72.8 Å². The molecule has 0 saturated carbocycles. The molecule has 0 spiro atoms. The molecule has 0 aromatic heterocycles. The van der Waals surface area contributed by atoms with Gasteiger partial charge in [0.15, 0.2) is 17.7 Å². The molecule has 0 bridgehead atoms. The van der Waals surface area contributed by atoms with Crippen molar-refractivity contribution >= 4 is 5.97 Å². The van der Waals surface area contributed by atoms with Gasteiger partial charge in [-0.05, 0) is 27.7 Å². The molecule has 0 amide bonds. The van der Waals surface area contributed by atoms with Crippen molar-refractivity contribution in [2.45, 2.75) is 82.2 Å². The second-order valence-electron chi connectivity index (χ2n) is 7.70. The van der Waals surface area contributed by atoms with Crippen molar-refractivity contribution in [1.29, 1.82) is 0 Å². The number of methoxy groups -OCH3 is 1. The minimum atomic E-state index is -0.669. The largest absolute Gasteiger partial charge is 0.467 e. The second kappa shape index (κ2) is 5.36.